The molecule has 1 aliphatic carbocycles. The molecule has 0 amide bonds. The minimum absolute atomic E-state index is 0.0916. The number of hydrogen-bond donors (Lipinski definition) is 0. The van der Waals surface area contributed by atoms with Crippen molar-refractivity contribution in [1.29, 1.82) is 0 Å². The summed E-state index contributed by atoms with van der Waals surface area (Å²) >= 11 is 0. The van der Waals surface area contributed by atoms with Crippen LogP contribution in [0.4, 0.5) is 5.95 Å². The number of nitrogens with zero attached hydrogens (tertiary/aromatic N) is 6. The number of aryl methyl sites for hydroxylation is 2. The second-order valence-electron chi connectivity index (χ2n) is 6.65. The van der Waals surface area contributed by atoms with Crippen molar-refractivity contribution < 1.29 is 4.52 Å². The van der Waals surface area contributed by atoms with Crippen LogP contribution in [0.5, 0.6) is 0 Å². The van der Waals surface area contributed by atoms with Crippen LogP contribution < -0.4 is 4.90 Å². The van der Waals surface area contributed by atoms with Gasteiger partial charge in [-0.2, -0.15) is 4.98 Å². The number of rotatable bonds is 3. The number of aromatic nitrogens is 4. The summed E-state index contributed by atoms with van der Waals surface area (Å²) < 4.78 is 5.53. The van der Waals surface area contributed by atoms with Gasteiger partial charge >= 0.3 is 0 Å². The molecule has 122 valence electrons. The van der Waals surface area contributed by atoms with Crippen molar-refractivity contribution in [2.45, 2.75) is 38.6 Å². The molecule has 0 aromatic carbocycles. The molecular weight excluding hydrogens is 292 g/mol. The first-order valence-corrected chi connectivity index (χ1v) is 8.21. The average molecular weight is 314 g/mol. The maximum Gasteiger partial charge on any atom is 0.245 e. The molecule has 3 heterocycles. The largest absolute Gasteiger partial charge is 0.338 e. The summed E-state index contributed by atoms with van der Waals surface area (Å²) in [5.41, 5.74) is 2.14. The molecule has 0 radical (unpaired) electrons. The summed E-state index contributed by atoms with van der Waals surface area (Å²) in [6, 6.07) is 0.0916. The fraction of sp³-hybridized carbons (Fsp3) is 0.625. The third kappa shape index (κ3) is 2.81. The molecule has 1 unspecified atom stereocenters. The predicted octanol–water partition coefficient (Wildman–Crippen LogP) is 1.85. The van der Waals surface area contributed by atoms with E-state index >= 15 is 0 Å². The highest BCUT2D eigenvalue weighted by atomic mass is 16.5. The number of piperazine rings is 1. The number of anilines is 1. The molecule has 23 heavy (non-hydrogen) atoms. The van der Waals surface area contributed by atoms with Crippen LogP contribution in [0.3, 0.4) is 0 Å². The van der Waals surface area contributed by atoms with Gasteiger partial charge in [0.2, 0.25) is 11.8 Å². The van der Waals surface area contributed by atoms with Gasteiger partial charge in [-0.1, -0.05) is 5.16 Å². The molecule has 0 spiro atoms. The zero-order valence-corrected chi connectivity index (χ0v) is 13.9. The Morgan fingerprint density at radius 1 is 1.17 bits per heavy atom. The molecular formula is C16H22N6O. The van der Waals surface area contributed by atoms with Crippen molar-refractivity contribution in [3.05, 3.63) is 29.2 Å². The monoisotopic (exact) mass is 314 g/mol. The van der Waals surface area contributed by atoms with Crippen LogP contribution >= 0.6 is 0 Å². The van der Waals surface area contributed by atoms with Crippen LogP contribution in [0.15, 0.2) is 10.7 Å². The molecule has 4 rings (SSSR count). The van der Waals surface area contributed by atoms with E-state index in [0.717, 1.165) is 42.7 Å². The van der Waals surface area contributed by atoms with Gasteiger partial charge in [0, 0.05) is 37.4 Å². The summed E-state index contributed by atoms with van der Waals surface area (Å²) in [6.45, 7) is 6.64. The molecule has 1 aliphatic heterocycles. The summed E-state index contributed by atoms with van der Waals surface area (Å²) in [5.74, 6) is 2.88. The highest BCUT2D eigenvalue weighted by molar-refractivity contribution is 5.34. The van der Waals surface area contributed by atoms with Crippen molar-refractivity contribution >= 4 is 5.95 Å². The van der Waals surface area contributed by atoms with Gasteiger partial charge in [0.1, 0.15) is 6.04 Å². The molecule has 1 saturated heterocycles. The van der Waals surface area contributed by atoms with Crippen molar-refractivity contribution in [3.63, 3.8) is 0 Å². The Morgan fingerprint density at radius 2 is 2.00 bits per heavy atom. The molecule has 7 heteroatoms. The normalized spacial score (nSPS) is 22.6. The maximum absolute atomic E-state index is 5.53. The quantitative estimate of drug-likeness (QED) is 0.856. The topological polar surface area (TPSA) is 71.2 Å². The van der Waals surface area contributed by atoms with E-state index < -0.39 is 0 Å². The summed E-state index contributed by atoms with van der Waals surface area (Å²) in [6.07, 6.45) is 4.26. The highest BCUT2D eigenvalue weighted by Gasteiger charge is 2.34. The molecule has 0 N–H and O–H groups in total. The van der Waals surface area contributed by atoms with Crippen LogP contribution in [-0.2, 0) is 0 Å². The molecule has 1 saturated carbocycles. The van der Waals surface area contributed by atoms with Gasteiger partial charge in [0.15, 0.2) is 5.82 Å². The third-order valence-electron chi connectivity index (χ3n) is 4.83. The van der Waals surface area contributed by atoms with Crippen LogP contribution in [0.25, 0.3) is 0 Å². The van der Waals surface area contributed by atoms with Gasteiger partial charge in [-0.05, 0) is 39.3 Å². The fourth-order valence-electron chi connectivity index (χ4n) is 2.88. The Bertz CT molecular complexity index is 710. The van der Waals surface area contributed by atoms with Gasteiger partial charge < -0.3 is 9.42 Å². The van der Waals surface area contributed by atoms with E-state index in [9.17, 15) is 0 Å². The zero-order chi connectivity index (χ0) is 16.0. The van der Waals surface area contributed by atoms with Crippen molar-refractivity contribution in [2.24, 2.45) is 0 Å². The van der Waals surface area contributed by atoms with Gasteiger partial charge in [0.05, 0.1) is 0 Å². The van der Waals surface area contributed by atoms with Gasteiger partial charge in [0.25, 0.3) is 0 Å². The van der Waals surface area contributed by atoms with Crippen LogP contribution in [0.1, 0.15) is 47.8 Å². The number of likely N-dealkylation sites (N-methyl/N-ethyl adjacent to an activating group) is 1. The summed E-state index contributed by atoms with van der Waals surface area (Å²) in [7, 11) is 2.10. The zero-order valence-electron chi connectivity index (χ0n) is 13.9. The molecule has 2 aromatic heterocycles. The van der Waals surface area contributed by atoms with Crippen LogP contribution in [0, 0.1) is 13.8 Å². The van der Waals surface area contributed by atoms with Crippen LogP contribution in [-0.4, -0.2) is 51.7 Å². The molecule has 2 aromatic rings. The smallest absolute Gasteiger partial charge is 0.245 e. The lowest BCUT2D eigenvalue weighted by atomic mass is 10.2. The van der Waals surface area contributed by atoms with E-state index in [-0.39, 0.29) is 6.04 Å². The Labute approximate surface area is 135 Å². The summed E-state index contributed by atoms with van der Waals surface area (Å²) in [5, 5.41) is 4.15. The van der Waals surface area contributed by atoms with Gasteiger partial charge in [-0.3, -0.25) is 4.90 Å². The lowest BCUT2D eigenvalue weighted by Gasteiger charge is -2.37. The molecule has 1 atom stereocenters. The lowest BCUT2D eigenvalue weighted by Crippen LogP contribution is -2.47. The van der Waals surface area contributed by atoms with E-state index in [4.69, 9.17) is 4.52 Å². The number of hydrogen-bond acceptors (Lipinski definition) is 7. The third-order valence-corrected chi connectivity index (χ3v) is 4.83. The Kier molecular flexibility index (Phi) is 3.52. The van der Waals surface area contributed by atoms with Crippen molar-refractivity contribution in [2.75, 3.05) is 31.6 Å². The maximum atomic E-state index is 5.53. The highest BCUT2D eigenvalue weighted by Crippen LogP contribution is 2.39. The molecule has 0 bridgehead atoms. The minimum atomic E-state index is 0.0916. The molecule has 2 aliphatic rings. The molecule has 7 nitrogen and oxygen atoms in total. The summed E-state index contributed by atoms with van der Waals surface area (Å²) in [4.78, 5) is 18.2. The minimum Gasteiger partial charge on any atom is -0.338 e. The first-order valence-electron chi connectivity index (χ1n) is 8.21. The fourth-order valence-corrected chi connectivity index (χ4v) is 2.88. The first-order chi connectivity index (χ1) is 11.1. The van der Waals surface area contributed by atoms with Crippen LogP contribution in [0.2, 0.25) is 0 Å². The Hall–Kier alpha value is -2.02. The van der Waals surface area contributed by atoms with E-state index in [1.807, 2.05) is 20.0 Å². The second-order valence-corrected chi connectivity index (χ2v) is 6.65. The lowest BCUT2D eigenvalue weighted by molar-refractivity contribution is 0.177. The van der Waals surface area contributed by atoms with Gasteiger partial charge in [-0.25, -0.2) is 9.97 Å². The van der Waals surface area contributed by atoms with E-state index in [1.54, 1.807) is 0 Å². The molecule has 2 fully saturated rings. The van der Waals surface area contributed by atoms with Gasteiger partial charge in [-0.15, -0.1) is 0 Å². The Morgan fingerprint density at radius 3 is 2.74 bits per heavy atom. The standard InChI is InChI=1S/C16H22N6O/c1-10-8-17-16(18-11(10)2)22-7-6-21(3)13(9-22)15-19-14(20-23-15)12-4-5-12/h8,12-13H,4-7,9H2,1-3H3. The Balaban J connectivity index is 1.55. The van der Waals surface area contributed by atoms with Crippen molar-refractivity contribution in [1.82, 2.24) is 25.0 Å². The van der Waals surface area contributed by atoms with E-state index in [2.05, 4.69) is 37.0 Å². The predicted molar refractivity (Wildman–Crippen MR) is 85.4 cm³/mol. The van der Waals surface area contributed by atoms with E-state index in [1.165, 1.54) is 12.8 Å². The van der Waals surface area contributed by atoms with E-state index in [0.29, 0.717) is 11.8 Å². The SMILES string of the molecule is Cc1cnc(N2CCN(C)C(c3nc(C4CC4)no3)C2)nc1C. The van der Waals surface area contributed by atoms with Crippen molar-refractivity contribution in [3.8, 4) is 0 Å². The second kappa shape index (κ2) is 5.56. The average Bonchev–Trinajstić information content (AvgIpc) is 3.28. The first kappa shape index (κ1) is 14.6.